The number of carbonyl (C=O) groups excluding carboxylic acids is 1. The fraction of sp³-hybridized carbons (Fsp3) is 0.417. The van der Waals surface area contributed by atoms with Crippen molar-refractivity contribution in [1.29, 1.82) is 0 Å². The minimum absolute atomic E-state index is 0.305. The molecule has 2 rings (SSSR count). The van der Waals surface area contributed by atoms with E-state index in [-0.39, 0.29) is 5.54 Å². The Morgan fingerprint density at radius 3 is 2.73 bits per heavy atom. The second-order valence-electron chi connectivity index (χ2n) is 3.92. The topological polar surface area (TPSA) is 38.7 Å². The molecular formula is C12H13NO2. The molecule has 3 nitrogen and oxygen atoms in total. The Morgan fingerprint density at radius 2 is 2.20 bits per heavy atom. The SMILES string of the molecule is COc1ccc(C)c(C2(N=C=O)CC2)c1. The quantitative estimate of drug-likeness (QED) is 0.558. The van der Waals surface area contributed by atoms with Crippen LogP contribution < -0.4 is 4.74 Å². The van der Waals surface area contributed by atoms with Crippen molar-refractivity contribution in [2.75, 3.05) is 7.11 Å². The molecule has 0 aliphatic heterocycles. The Kier molecular flexibility index (Phi) is 2.33. The fourth-order valence-corrected chi connectivity index (χ4v) is 1.88. The van der Waals surface area contributed by atoms with E-state index in [1.165, 1.54) is 0 Å². The van der Waals surface area contributed by atoms with Gasteiger partial charge in [0.05, 0.1) is 12.6 Å². The highest BCUT2D eigenvalue weighted by atomic mass is 16.5. The molecule has 1 saturated carbocycles. The van der Waals surface area contributed by atoms with Crippen molar-refractivity contribution in [3.63, 3.8) is 0 Å². The fourth-order valence-electron chi connectivity index (χ4n) is 1.88. The molecule has 0 radical (unpaired) electrons. The van der Waals surface area contributed by atoms with Crippen molar-refractivity contribution in [1.82, 2.24) is 0 Å². The molecule has 15 heavy (non-hydrogen) atoms. The van der Waals surface area contributed by atoms with E-state index in [4.69, 9.17) is 4.74 Å². The molecule has 0 spiro atoms. The molecule has 0 atom stereocenters. The van der Waals surface area contributed by atoms with E-state index >= 15 is 0 Å². The normalized spacial score (nSPS) is 16.7. The molecule has 1 aromatic rings. The number of nitrogens with zero attached hydrogens (tertiary/aromatic N) is 1. The van der Waals surface area contributed by atoms with Gasteiger partial charge in [-0.2, -0.15) is 4.99 Å². The van der Waals surface area contributed by atoms with Crippen LogP contribution in [0.25, 0.3) is 0 Å². The first-order valence-electron chi connectivity index (χ1n) is 4.96. The Morgan fingerprint density at radius 1 is 1.47 bits per heavy atom. The smallest absolute Gasteiger partial charge is 0.235 e. The summed E-state index contributed by atoms with van der Waals surface area (Å²) in [6.45, 7) is 2.02. The number of hydrogen-bond acceptors (Lipinski definition) is 3. The first kappa shape index (κ1) is 9.94. The van der Waals surface area contributed by atoms with Crippen LogP contribution in [0.5, 0.6) is 5.75 Å². The maximum Gasteiger partial charge on any atom is 0.235 e. The van der Waals surface area contributed by atoms with Gasteiger partial charge in [0.2, 0.25) is 6.08 Å². The molecule has 3 heteroatoms. The monoisotopic (exact) mass is 203 g/mol. The molecule has 0 saturated heterocycles. The summed E-state index contributed by atoms with van der Waals surface area (Å²) >= 11 is 0. The van der Waals surface area contributed by atoms with E-state index in [9.17, 15) is 4.79 Å². The Hall–Kier alpha value is -1.60. The van der Waals surface area contributed by atoms with Crippen molar-refractivity contribution in [3.8, 4) is 5.75 Å². The summed E-state index contributed by atoms with van der Waals surface area (Å²) in [6, 6.07) is 5.87. The van der Waals surface area contributed by atoms with Crippen LogP contribution in [0, 0.1) is 6.92 Å². The van der Waals surface area contributed by atoms with Crippen molar-refractivity contribution in [2.45, 2.75) is 25.3 Å². The van der Waals surface area contributed by atoms with Gasteiger partial charge in [0.1, 0.15) is 5.75 Å². The van der Waals surface area contributed by atoms with Crippen LogP contribution in [-0.2, 0) is 10.3 Å². The number of methoxy groups -OCH3 is 1. The maximum atomic E-state index is 10.4. The van der Waals surface area contributed by atoms with Crippen molar-refractivity contribution >= 4 is 6.08 Å². The standard InChI is InChI=1S/C12H13NO2/c1-9-3-4-10(15-2)7-11(9)12(5-6-12)13-8-14/h3-4,7H,5-6H2,1-2H3. The van der Waals surface area contributed by atoms with Crippen LogP contribution >= 0.6 is 0 Å². The maximum absolute atomic E-state index is 10.4. The zero-order valence-corrected chi connectivity index (χ0v) is 8.91. The molecule has 0 bridgehead atoms. The third kappa shape index (κ3) is 1.66. The van der Waals surface area contributed by atoms with Crippen molar-refractivity contribution in [3.05, 3.63) is 29.3 Å². The molecule has 1 aliphatic carbocycles. The summed E-state index contributed by atoms with van der Waals surface area (Å²) < 4.78 is 5.17. The number of aryl methyl sites for hydroxylation is 1. The van der Waals surface area contributed by atoms with Crippen LogP contribution in [0.1, 0.15) is 24.0 Å². The summed E-state index contributed by atoms with van der Waals surface area (Å²) in [5.41, 5.74) is 1.93. The van der Waals surface area contributed by atoms with Gasteiger partial charge in [-0.15, -0.1) is 0 Å². The van der Waals surface area contributed by atoms with E-state index in [0.717, 1.165) is 29.7 Å². The molecule has 0 amide bonds. The number of hydrogen-bond donors (Lipinski definition) is 0. The van der Waals surface area contributed by atoms with Crippen molar-refractivity contribution in [2.24, 2.45) is 4.99 Å². The molecule has 1 fully saturated rings. The molecule has 0 unspecified atom stereocenters. The predicted molar refractivity (Wildman–Crippen MR) is 56.8 cm³/mol. The lowest BCUT2D eigenvalue weighted by Gasteiger charge is -2.13. The van der Waals surface area contributed by atoms with Crippen LogP contribution in [0.15, 0.2) is 23.2 Å². The molecular weight excluding hydrogens is 190 g/mol. The lowest BCUT2D eigenvalue weighted by Crippen LogP contribution is -2.05. The Labute approximate surface area is 88.8 Å². The average Bonchev–Trinajstić information content (AvgIpc) is 3.00. The highest BCUT2D eigenvalue weighted by Gasteiger charge is 2.45. The molecule has 0 heterocycles. The Bertz CT molecular complexity index is 429. The lowest BCUT2D eigenvalue weighted by molar-refractivity contribution is 0.413. The number of ether oxygens (including phenoxy) is 1. The van der Waals surface area contributed by atoms with E-state index < -0.39 is 0 Å². The summed E-state index contributed by atoms with van der Waals surface area (Å²) in [7, 11) is 1.64. The van der Waals surface area contributed by atoms with Gasteiger partial charge in [-0.05, 0) is 43.0 Å². The summed E-state index contributed by atoms with van der Waals surface area (Å²) in [4.78, 5) is 14.3. The zero-order chi connectivity index (χ0) is 10.9. The molecule has 0 aromatic heterocycles. The first-order chi connectivity index (χ1) is 7.22. The number of benzene rings is 1. The number of rotatable bonds is 3. The van der Waals surface area contributed by atoms with Gasteiger partial charge < -0.3 is 4.74 Å². The van der Waals surface area contributed by atoms with Gasteiger partial charge in [-0.25, -0.2) is 4.79 Å². The largest absolute Gasteiger partial charge is 0.497 e. The molecule has 78 valence electrons. The van der Waals surface area contributed by atoms with Gasteiger partial charge in [0.25, 0.3) is 0 Å². The number of isocyanates is 1. The summed E-state index contributed by atoms with van der Waals surface area (Å²) in [5.74, 6) is 0.808. The highest BCUT2D eigenvalue weighted by Crippen LogP contribution is 2.50. The highest BCUT2D eigenvalue weighted by molar-refractivity contribution is 5.46. The molecule has 0 N–H and O–H groups in total. The van der Waals surface area contributed by atoms with Crippen LogP contribution in [0.4, 0.5) is 0 Å². The second-order valence-corrected chi connectivity index (χ2v) is 3.92. The van der Waals surface area contributed by atoms with E-state index in [1.807, 2.05) is 25.1 Å². The van der Waals surface area contributed by atoms with Gasteiger partial charge in [0, 0.05) is 0 Å². The minimum Gasteiger partial charge on any atom is -0.497 e. The summed E-state index contributed by atoms with van der Waals surface area (Å²) in [6.07, 6.45) is 3.52. The van der Waals surface area contributed by atoms with E-state index in [1.54, 1.807) is 13.2 Å². The van der Waals surface area contributed by atoms with Crippen LogP contribution in [-0.4, -0.2) is 13.2 Å². The van der Waals surface area contributed by atoms with Gasteiger partial charge in [-0.1, -0.05) is 6.07 Å². The van der Waals surface area contributed by atoms with E-state index in [0.29, 0.717) is 0 Å². The molecule has 1 aromatic carbocycles. The van der Waals surface area contributed by atoms with Gasteiger partial charge in [0.15, 0.2) is 0 Å². The van der Waals surface area contributed by atoms with E-state index in [2.05, 4.69) is 4.99 Å². The average molecular weight is 203 g/mol. The van der Waals surface area contributed by atoms with Gasteiger partial charge >= 0.3 is 0 Å². The van der Waals surface area contributed by atoms with Gasteiger partial charge in [-0.3, -0.25) is 0 Å². The zero-order valence-electron chi connectivity index (χ0n) is 8.91. The predicted octanol–water partition coefficient (Wildman–Crippen LogP) is 2.33. The Balaban J connectivity index is 2.47. The molecule has 1 aliphatic rings. The second kappa shape index (κ2) is 3.52. The third-order valence-corrected chi connectivity index (χ3v) is 2.93. The lowest BCUT2D eigenvalue weighted by atomic mass is 9.99. The van der Waals surface area contributed by atoms with Crippen LogP contribution in [0.2, 0.25) is 0 Å². The van der Waals surface area contributed by atoms with Crippen molar-refractivity contribution < 1.29 is 9.53 Å². The first-order valence-corrected chi connectivity index (χ1v) is 4.96. The third-order valence-electron chi connectivity index (χ3n) is 2.93. The minimum atomic E-state index is -0.305. The number of aliphatic imine (C=N–C) groups is 1. The van der Waals surface area contributed by atoms with Crippen LogP contribution in [0.3, 0.4) is 0 Å². The summed E-state index contributed by atoms with van der Waals surface area (Å²) in [5, 5.41) is 0.